The fourth-order valence-electron chi connectivity index (χ4n) is 3.33. The van der Waals surface area contributed by atoms with E-state index < -0.39 is 0 Å². The van der Waals surface area contributed by atoms with Crippen LogP contribution in [0.1, 0.15) is 50.2 Å². The second-order valence-electron chi connectivity index (χ2n) is 6.28. The van der Waals surface area contributed by atoms with Crippen molar-refractivity contribution in [2.24, 2.45) is 0 Å². The average molecular weight is 310 g/mol. The minimum Gasteiger partial charge on any atom is -0.489 e. The van der Waals surface area contributed by atoms with E-state index >= 15 is 0 Å². The van der Waals surface area contributed by atoms with Gasteiger partial charge in [0.1, 0.15) is 0 Å². The molecule has 1 aromatic rings. The van der Waals surface area contributed by atoms with Gasteiger partial charge in [0.2, 0.25) is 0 Å². The minimum absolute atomic E-state index is 0.371. The average Bonchev–Trinajstić information content (AvgIpc) is 2.84. The van der Waals surface area contributed by atoms with Gasteiger partial charge in [-0.15, -0.1) is 0 Å². The minimum atomic E-state index is 0.371. The predicted molar refractivity (Wildman–Crippen MR) is 85.9 cm³/mol. The fraction of sp³-hybridized carbons (Fsp3) is 0.647. The quantitative estimate of drug-likeness (QED) is 0.918. The molecule has 2 aliphatic rings. The summed E-state index contributed by atoms with van der Waals surface area (Å²) in [4.78, 5) is 0. The summed E-state index contributed by atoms with van der Waals surface area (Å²) in [7, 11) is 0. The van der Waals surface area contributed by atoms with E-state index in [9.17, 15) is 0 Å². The molecule has 0 radical (unpaired) electrons. The highest BCUT2D eigenvalue weighted by Gasteiger charge is 2.26. The Kier molecular flexibility index (Phi) is 4.60. The molecule has 4 heteroatoms. The molecule has 2 heterocycles. The summed E-state index contributed by atoms with van der Waals surface area (Å²) >= 11 is 6.58. The Morgan fingerprint density at radius 3 is 2.81 bits per heavy atom. The first-order valence-corrected chi connectivity index (χ1v) is 8.39. The van der Waals surface area contributed by atoms with Crippen molar-refractivity contribution in [1.82, 2.24) is 5.32 Å². The smallest absolute Gasteiger partial charge is 0.164 e. The second kappa shape index (κ2) is 6.45. The van der Waals surface area contributed by atoms with E-state index in [1.165, 1.54) is 24.0 Å². The first-order chi connectivity index (χ1) is 10.2. The van der Waals surface area contributed by atoms with Crippen molar-refractivity contribution < 1.29 is 9.47 Å². The predicted octanol–water partition coefficient (Wildman–Crippen LogP) is 3.92. The van der Waals surface area contributed by atoms with Crippen molar-refractivity contribution in [1.29, 1.82) is 0 Å². The van der Waals surface area contributed by atoms with E-state index in [1.54, 1.807) is 0 Å². The molecule has 1 atom stereocenters. The number of hydrogen-bond donors (Lipinski definition) is 1. The zero-order valence-corrected chi connectivity index (χ0v) is 13.6. The molecule has 1 unspecified atom stereocenters. The standard InChI is InChI=1S/C17H24ClNO2/c1-11(2)16-13(9-12-5-3-6-19-12)14(18)10-15-17(16)21-8-4-7-20-15/h10-12,19H,3-9H2,1-2H3. The van der Waals surface area contributed by atoms with Crippen molar-refractivity contribution in [2.75, 3.05) is 19.8 Å². The van der Waals surface area contributed by atoms with Gasteiger partial charge in [-0.2, -0.15) is 0 Å². The lowest BCUT2D eigenvalue weighted by Crippen LogP contribution is -2.24. The van der Waals surface area contributed by atoms with E-state index in [0.717, 1.165) is 42.5 Å². The topological polar surface area (TPSA) is 30.5 Å². The molecule has 2 aliphatic heterocycles. The Morgan fingerprint density at radius 1 is 1.29 bits per heavy atom. The summed E-state index contributed by atoms with van der Waals surface area (Å²) in [5, 5.41) is 4.38. The van der Waals surface area contributed by atoms with Crippen LogP contribution in [0.2, 0.25) is 5.02 Å². The van der Waals surface area contributed by atoms with Crippen LogP contribution in [0.4, 0.5) is 0 Å². The molecule has 3 rings (SSSR count). The number of ether oxygens (including phenoxy) is 2. The van der Waals surface area contributed by atoms with Crippen LogP contribution in [0, 0.1) is 0 Å². The lowest BCUT2D eigenvalue weighted by atomic mass is 9.91. The van der Waals surface area contributed by atoms with E-state index in [0.29, 0.717) is 18.6 Å². The molecule has 0 amide bonds. The highest BCUT2D eigenvalue weighted by molar-refractivity contribution is 6.31. The van der Waals surface area contributed by atoms with E-state index in [4.69, 9.17) is 21.1 Å². The molecule has 1 aromatic carbocycles. The molecule has 1 saturated heterocycles. The SMILES string of the molecule is CC(C)c1c(CC2CCCN2)c(Cl)cc2c1OCCCO2. The molecule has 0 aliphatic carbocycles. The van der Waals surface area contributed by atoms with E-state index in [-0.39, 0.29) is 0 Å². The van der Waals surface area contributed by atoms with Gasteiger partial charge < -0.3 is 14.8 Å². The molecular formula is C17H24ClNO2. The molecule has 0 spiro atoms. The number of nitrogens with one attached hydrogen (secondary N) is 1. The van der Waals surface area contributed by atoms with Crippen molar-refractivity contribution >= 4 is 11.6 Å². The molecule has 1 fully saturated rings. The Bertz CT molecular complexity index is 510. The summed E-state index contributed by atoms with van der Waals surface area (Å²) in [6.45, 7) is 6.93. The number of benzene rings is 1. The largest absolute Gasteiger partial charge is 0.489 e. The Hall–Kier alpha value is -0.930. The maximum absolute atomic E-state index is 6.58. The van der Waals surface area contributed by atoms with Crippen molar-refractivity contribution in [3.8, 4) is 11.5 Å². The third-order valence-electron chi connectivity index (χ3n) is 4.32. The molecule has 21 heavy (non-hydrogen) atoms. The Morgan fingerprint density at radius 2 is 2.10 bits per heavy atom. The molecule has 3 nitrogen and oxygen atoms in total. The van der Waals surface area contributed by atoms with Gasteiger partial charge in [-0.1, -0.05) is 25.4 Å². The molecule has 116 valence electrons. The molecule has 1 N–H and O–H groups in total. The van der Waals surface area contributed by atoms with Gasteiger partial charge in [0.25, 0.3) is 0 Å². The lowest BCUT2D eigenvalue weighted by Gasteiger charge is -2.22. The van der Waals surface area contributed by atoms with Gasteiger partial charge in [0, 0.05) is 29.1 Å². The summed E-state index contributed by atoms with van der Waals surface area (Å²) in [5.74, 6) is 2.10. The molecule has 0 bridgehead atoms. The lowest BCUT2D eigenvalue weighted by molar-refractivity contribution is 0.295. The number of rotatable bonds is 3. The first kappa shape index (κ1) is 15.0. The van der Waals surface area contributed by atoms with Crippen LogP contribution < -0.4 is 14.8 Å². The van der Waals surface area contributed by atoms with Crippen LogP contribution in [-0.4, -0.2) is 25.8 Å². The van der Waals surface area contributed by atoms with Crippen molar-refractivity contribution in [3.63, 3.8) is 0 Å². The highest BCUT2D eigenvalue weighted by atomic mass is 35.5. The molecule has 0 aromatic heterocycles. The second-order valence-corrected chi connectivity index (χ2v) is 6.69. The van der Waals surface area contributed by atoms with Crippen LogP contribution in [0.25, 0.3) is 0 Å². The number of fused-ring (bicyclic) bond motifs is 1. The van der Waals surface area contributed by atoms with Gasteiger partial charge in [-0.25, -0.2) is 0 Å². The highest BCUT2D eigenvalue weighted by Crippen LogP contribution is 2.43. The van der Waals surface area contributed by atoms with E-state index in [2.05, 4.69) is 19.2 Å². The molecular weight excluding hydrogens is 286 g/mol. The summed E-state index contributed by atoms with van der Waals surface area (Å²) < 4.78 is 11.8. The zero-order valence-electron chi connectivity index (χ0n) is 12.9. The van der Waals surface area contributed by atoms with Gasteiger partial charge >= 0.3 is 0 Å². The summed E-state index contributed by atoms with van der Waals surface area (Å²) in [6.07, 6.45) is 4.37. The van der Waals surface area contributed by atoms with Crippen LogP contribution in [0.15, 0.2) is 6.07 Å². The maximum atomic E-state index is 6.58. The van der Waals surface area contributed by atoms with Crippen molar-refractivity contribution in [2.45, 2.75) is 51.5 Å². The van der Waals surface area contributed by atoms with Gasteiger partial charge in [-0.3, -0.25) is 0 Å². The number of halogens is 1. The summed E-state index contributed by atoms with van der Waals surface area (Å²) in [6, 6.07) is 2.48. The Balaban J connectivity index is 2.02. The fourth-order valence-corrected chi connectivity index (χ4v) is 3.61. The van der Waals surface area contributed by atoms with Crippen LogP contribution in [-0.2, 0) is 6.42 Å². The molecule has 0 saturated carbocycles. The van der Waals surface area contributed by atoms with E-state index in [1.807, 2.05) is 6.07 Å². The van der Waals surface area contributed by atoms with Crippen LogP contribution in [0.3, 0.4) is 0 Å². The third kappa shape index (κ3) is 3.14. The monoisotopic (exact) mass is 309 g/mol. The number of hydrogen-bond acceptors (Lipinski definition) is 3. The van der Waals surface area contributed by atoms with Gasteiger partial charge in [0.15, 0.2) is 11.5 Å². The van der Waals surface area contributed by atoms with Crippen molar-refractivity contribution in [3.05, 3.63) is 22.2 Å². The third-order valence-corrected chi connectivity index (χ3v) is 4.66. The van der Waals surface area contributed by atoms with Gasteiger partial charge in [0.05, 0.1) is 13.2 Å². The summed E-state index contributed by atoms with van der Waals surface area (Å²) in [5.41, 5.74) is 2.46. The first-order valence-electron chi connectivity index (χ1n) is 8.01. The normalized spacial score (nSPS) is 21.6. The van der Waals surface area contributed by atoms with Crippen LogP contribution >= 0.6 is 11.6 Å². The van der Waals surface area contributed by atoms with Crippen LogP contribution in [0.5, 0.6) is 11.5 Å². The zero-order chi connectivity index (χ0) is 14.8. The Labute approximate surface area is 132 Å². The maximum Gasteiger partial charge on any atom is 0.164 e. The van der Waals surface area contributed by atoms with Gasteiger partial charge in [-0.05, 0) is 37.3 Å².